The number of carboxylic acid groups (broad SMARTS) is 1. The largest absolute Gasteiger partial charge is 0.479 e. The summed E-state index contributed by atoms with van der Waals surface area (Å²) >= 11 is 1.31. The quantitative estimate of drug-likeness (QED) is 0.712. The van der Waals surface area contributed by atoms with Gasteiger partial charge in [0.05, 0.1) is 0 Å². The van der Waals surface area contributed by atoms with Crippen LogP contribution in [0.2, 0.25) is 0 Å². The molecule has 1 fully saturated rings. The zero-order valence-electron chi connectivity index (χ0n) is 8.61. The third-order valence-corrected chi connectivity index (χ3v) is 3.19. The molecule has 0 spiro atoms. The molecule has 0 radical (unpaired) electrons. The molecule has 1 N–H and O–H groups in total. The van der Waals surface area contributed by atoms with Crippen LogP contribution in [-0.2, 0) is 9.59 Å². The van der Waals surface area contributed by atoms with Crippen molar-refractivity contribution in [2.75, 3.05) is 12.3 Å². The van der Waals surface area contributed by atoms with E-state index in [0.29, 0.717) is 12.3 Å². The van der Waals surface area contributed by atoms with E-state index in [1.54, 1.807) is 20.8 Å². The fourth-order valence-electron chi connectivity index (χ4n) is 1.31. The van der Waals surface area contributed by atoms with Crippen molar-refractivity contribution in [1.82, 2.24) is 4.90 Å². The number of hydrogen-bond donors (Lipinski definition) is 1. The molecule has 1 atom stereocenters. The van der Waals surface area contributed by atoms with Crippen molar-refractivity contribution in [1.29, 1.82) is 0 Å². The first-order valence-electron chi connectivity index (χ1n) is 4.49. The van der Waals surface area contributed by atoms with Crippen molar-refractivity contribution in [2.45, 2.75) is 26.1 Å². The summed E-state index contributed by atoms with van der Waals surface area (Å²) in [5, 5.41) is 8.19. The monoisotopic (exact) mass is 217 g/mol. The van der Waals surface area contributed by atoms with Gasteiger partial charge in [-0.1, -0.05) is 20.8 Å². The van der Waals surface area contributed by atoms with E-state index in [1.165, 1.54) is 16.7 Å². The van der Waals surface area contributed by atoms with Gasteiger partial charge in [0, 0.05) is 17.7 Å². The molecule has 1 unspecified atom stereocenters. The number of hydrogen-bond acceptors (Lipinski definition) is 3. The Morgan fingerprint density at radius 3 is 2.43 bits per heavy atom. The minimum atomic E-state index is -0.926. The molecule has 5 heteroatoms. The van der Waals surface area contributed by atoms with E-state index in [0.717, 1.165) is 0 Å². The van der Waals surface area contributed by atoms with E-state index in [4.69, 9.17) is 5.11 Å². The van der Waals surface area contributed by atoms with E-state index in [2.05, 4.69) is 0 Å². The first kappa shape index (κ1) is 11.4. The van der Waals surface area contributed by atoms with Crippen LogP contribution in [0.1, 0.15) is 20.8 Å². The maximum atomic E-state index is 11.8. The second-order valence-electron chi connectivity index (χ2n) is 4.31. The Bertz CT molecular complexity index is 259. The van der Waals surface area contributed by atoms with Crippen LogP contribution in [0, 0.1) is 5.41 Å². The Kier molecular flexibility index (Phi) is 3.09. The number of aliphatic carboxylic acids is 1. The van der Waals surface area contributed by atoms with Gasteiger partial charge < -0.3 is 10.0 Å². The summed E-state index contributed by atoms with van der Waals surface area (Å²) < 4.78 is 0. The van der Waals surface area contributed by atoms with Gasteiger partial charge in [-0.05, 0) is 0 Å². The van der Waals surface area contributed by atoms with Gasteiger partial charge in [-0.3, -0.25) is 4.79 Å². The van der Waals surface area contributed by atoms with Crippen molar-refractivity contribution in [3.8, 4) is 0 Å². The third kappa shape index (κ3) is 2.20. The number of thioether (sulfide) groups is 1. The van der Waals surface area contributed by atoms with Crippen LogP contribution < -0.4 is 0 Å². The summed E-state index contributed by atoms with van der Waals surface area (Å²) in [7, 11) is 0. The highest BCUT2D eigenvalue weighted by Gasteiger charge is 2.38. The predicted octanol–water partition coefficient (Wildman–Crippen LogP) is 1.02. The number of carboxylic acids is 1. The Morgan fingerprint density at radius 2 is 2.00 bits per heavy atom. The second-order valence-corrected chi connectivity index (χ2v) is 5.50. The van der Waals surface area contributed by atoms with Gasteiger partial charge in [-0.15, -0.1) is 11.8 Å². The zero-order chi connectivity index (χ0) is 10.9. The van der Waals surface area contributed by atoms with Gasteiger partial charge in [0.15, 0.2) is 5.37 Å². The number of nitrogens with zero attached hydrogens (tertiary/aromatic N) is 1. The van der Waals surface area contributed by atoms with Crippen LogP contribution in [0.25, 0.3) is 0 Å². The Labute approximate surface area is 87.7 Å². The highest BCUT2D eigenvalue weighted by atomic mass is 32.2. The Hall–Kier alpha value is -0.710. The van der Waals surface area contributed by atoms with Crippen molar-refractivity contribution in [3.05, 3.63) is 0 Å². The SMILES string of the molecule is CC(C)(C)C(=O)N1CCSC1C(=O)O. The van der Waals surface area contributed by atoms with Gasteiger partial charge in [-0.2, -0.15) is 0 Å². The summed E-state index contributed by atoms with van der Waals surface area (Å²) in [5.41, 5.74) is -0.501. The molecule has 0 aromatic rings. The van der Waals surface area contributed by atoms with E-state index in [9.17, 15) is 9.59 Å². The molecular formula is C9H15NO3S. The highest BCUT2D eigenvalue weighted by molar-refractivity contribution is 8.00. The van der Waals surface area contributed by atoms with E-state index in [1.807, 2.05) is 0 Å². The van der Waals surface area contributed by atoms with Crippen molar-refractivity contribution in [3.63, 3.8) is 0 Å². The van der Waals surface area contributed by atoms with Gasteiger partial charge in [0.2, 0.25) is 5.91 Å². The molecule has 1 rings (SSSR count). The summed E-state index contributed by atoms with van der Waals surface area (Å²) in [6, 6.07) is 0. The third-order valence-electron chi connectivity index (χ3n) is 2.00. The molecule has 0 aromatic carbocycles. The van der Waals surface area contributed by atoms with Crippen LogP contribution >= 0.6 is 11.8 Å². The Balaban J connectivity index is 2.77. The molecule has 1 aliphatic rings. The maximum absolute atomic E-state index is 11.8. The summed E-state index contributed by atoms with van der Waals surface area (Å²) in [4.78, 5) is 24.1. The topological polar surface area (TPSA) is 57.6 Å². The molecule has 14 heavy (non-hydrogen) atoms. The lowest BCUT2D eigenvalue weighted by atomic mass is 9.95. The average Bonchev–Trinajstić information content (AvgIpc) is 2.48. The molecule has 0 aliphatic carbocycles. The number of rotatable bonds is 1. The lowest BCUT2D eigenvalue weighted by Crippen LogP contribution is -2.44. The van der Waals surface area contributed by atoms with Crippen LogP contribution in [0.15, 0.2) is 0 Å². The standard InChI is InChI=1S/C9H15NO3S/c1-9(2,3)8(13)10-4-5-14-6(10)7(11)12/h6H,4-5H2,1-3H3,(H,11,12). The van der Waals surface area contributed by atoms with E-state index >= 15 is 0 Å². The second kappa shape index (κ2) is 3.81. The predicted molar refractivity (Wildman–Crippen MR) is 55.0 cm³/mol. The molecule has 1 amide bonds. The van der Waals surface area contributed by atoms with Crippen LogP contribution in [-0.4, -0.2) is 39.6 Å². The first-order chi connectivity index (χ1) is 6.34. The zero-order valence-corrected chi connectivity index (χ0v) is 9.43. The summed E-state index contributed by atoms with van der Waals surface area (Å²) in [6.07, 6.45) is 0. The molecule has 4 nitrogen and oxygen atoms in total. The molecule has 1 aliphatic heterocycles. The molecule has 0 aromatic heterocycles. The van der Waals surface area contributed by atoms with Crippen LogP contribution in [0.5, 0.6) is 0 Å². The van der Waals surface area contributed by atoms with Gasteiger partial charge >= 0.3 is 5.97 Å². The van der Waals surface area contributed by atoms with Crippen LogP contribution in [0.3, 0.4) is 0 Å². The average molecular weight is 217 g/mol. The first-order valence-corrected chi connectivity index (χ1v) is 5.54. The smallest absolute Gasteiger partial charge is 0.337 e. The van der Waals surface area contributed by atoms with Crippen molar-refractivity contribution >= 4 is 23.6 Å². The fourth-order valence-corrected chi connectivity index (χ4v) is 2.36. The fraction of sp³-hybridized carbons (Fsp3) is 0.778. The van der Waals surface area contributed by atoms with Gasteiger partial charge in [0.1, 0.15) is 0 Å². The lowest BCUT2D eigenvalue weighted by Gasteiger charge is -2.27. The lowest BCUT2D eigenvalue weighted by molar-refractivity contribution is -0.149. The molecule has 1 heterocycles. The Morgan fingerprint density at radius 1 is 1.43 bits per heavy atom. The molecule has 1 saturated heterocycles. The van der Waals surface area contributed by atoms with Crippen LogP contribution in [0.4, 0.5) is 0 Å². The van der Waals surface area contributed by atoms with Crippen molar-refractivity contribution in [2.24, 2.45) is 5.41 Å². The highest BCUT2D eigenvalue weighted by Crippen LogP contribution is 2.28. The summed E-state index contributed by atoms with van der Waals surface area (Å²) in [6.45, 7) is 5.95. The molecule has 0 saturated carbocycles. The number of amides is 1. The minimum absolute atomic E-state index is 0.0881. The molecular weight excluding hydrogens is 202 g/mol. The summed E-state index contributed by atoms with van der Waals surface area (Å²) in [5.74, 6) is -0.307. The number of carbonyl (C=O) groups excluding carboxylic acids is 1. The minimum Gasteiger partial charge on any atom is -0.479 e. The van der Waals surface area contributed by atoms with Gasteiger partial charge in [-0.25, -0.2) is 4.79 Å². The van der Waals surface area contributed by atoms with E-state index in [-0.39, 0.29) is 5.91 Å². The van der Waals surface area contributed by atoms with Gasteiger partial charge in [0.25, 0.3) is 0 Å². The molecule has 0 bridgehead atoms. The van der Waals surface area contributed by atoms with E-state index < -0.39 is 16.8 Å². The van der Waals surface area contributed by atoms with Crippen molar-refractivity contribution < 1.29 is 14.7 Å². The normalized spacial score (nSPS) is 22.5. The number of carbonyl (C=O) groups is 2. The molecule has 80 valence electrons. The maximum Gasteiger partial charge on any atom is 0.337 e.